The van der Waals surface area contributed by atoms with Crippen molar-refractivity contribution < 1.29 is 13.6 Å². The third kappa shape index (κ3) is 2.74. The summed E-state index contributed by atoms with van der Waals surface area (Å²) in [5.41, 5.74) is 3.96. The molecule has 0 saturated heterocycles. The summed E-state index contributed by atoms with van der Waals surface area (Å²) < 4.78 is 18.8. The topological polar surface area (TPSA) is 30.2 Å². The van der Waals surface area contributed by atoms with Crippen LogP contribution in [-0.4, -0.2) is 5.78 Å². The fraction of sp³-hybridized carbons (Fsp3) is 0.0455. The average Bonchev–Trinajstić information content (AvgIpc) is 2.99. The monoisotopic (exact) mass is 330 g/mol. The van der Waals surface area contributed by atoms with Gasteiger partial charge in [-0.2, -0.15) is 0 Å². The summed E-state index contributed by atoms with van der Waals surface area (Å²) in [6.45, 7) is 1.89. The molecular formula is C22H15FO2. The number of hydrogen-bond acceptors (Lipinski definition) is 2. The summed E-state index contributed by atoms with van der Waals surface area (Å²) in [4.78, 5) is 12.8. The van der Waals surface area contributed by atoms with Crippen LogP contribution in [0.15, 0.2) is 77.2 Å². The summed E-state index contributed by atoms with van der Waals surface area (Å²) in [6, 6.07) is 21.2. The Morgan fingerprint density at radius 2 is 1.44 bits per heavy atom. The summed E-state index contributed by atoms with van der Waals surface area (Å²) >= 11 is 0. The third-order valence-corrected chi connectivity index (χ3v) is 4.37. The molecule has 0 aliphatic carbocycles. The molecule has 0 atom stereocenters. The number of hydrogen-bond donors (Lipinski definition) is 0. The Balaban J connectivity index is 1.68. The van der Waals surface area contributed by atoms with E-state index in [2.05, 4.69) is 0 Å². The molecule has 0 saturated carbocycles. The van der Waals surface area contributed by atoms with Crippen molar-refractivity contribution in [3.63, 3.8) is 0 Å². The molecule has 0 unspecified atom stereocenters. The van der Waals surface area contributed by atoms with Crippen LogP contribution in [0.5, 0.6) is 0 Å². The average molecular weight is 330 g/mol. The van der Waals surface area contributed by atoms with Crippen molar-refractivity contribution in [1.29, 1.82) is 0 Å². The Morgan fingerprint density at radius 1 is 0.840 bits per heavy atom. The summed E-state index contributed by atoms with van der Waals surface area (Å²) in [5.74, 6) is -0.0361. The number of halogens is 1. The van der Waals surface area contributed by atoms with E-state index in [4.69, 9.17) is 4.42 Å². The normalized spacial score (nSPS) is 11.0. The van der Waals surface area contributed by atoms with Crippen LogP contribution in [0, 0.1) is 12.7 Å². The second-order valence-corrected chi connectivity index (χ2v) is 5.97. The Hall–Kier alpha value is -3.20. The predicted molar refractivity (Wildman–Crippen MR) is 96.2 cm³/mol. The molecule has 3 aromatic carbocycles. The molecule has 1 aromatic heterocycles. The molecule has 0 spiro atoms. The smallest absolute Gasteiger partial charge is 0.228 e. The van der Waals surface area contributed by atoms with Gasteiger partial charge >= 0.3 is 0 Å². The Labute approximate surface area is 144 Å². The highest BCUT2D eigenvalue weighted by Gasteiger charge is 2.18. The lowest BCUT2D eigenvalue weighted by Crippen LogP contribution is -2.01. The number of rotatable bonds is 3. The van der Waals surface area contributed by atoms with Crippen LogP contribution in [0.2, 0.25) is 0 Å². The number of furan rings is 1. The molecule has 25 heavy (non-hydrogen) atoms. The van der Waals surface area contributed by atoms with Gasteiger partial charge < -0.3 is 4.42 Å². The van der Waals surface area contributed by atoms with Gasteiger partial charge in [0.1, 0.15) is 11.4 Å². The molecule has 4 aromatic rings. The number of fused-ring (bicyclic) bond motifs is 1. The maximum atomic E-state index is 13.0. The number of carbonyl (C=O) groups is 1. The van der Waals surface area contributed by atoms with E-state index in [0.717, 1.165) is 22.1 Å². The first-order chi connectivity index (χ1) is 12.1. The molecule has 0 radical (unpaired) electrons. The second kappa shape index (κ2) is 6.02. The highest BCUT2D eigenvalue weighted by Crippen LogP contribution is 2.27. The zero-order valence-corrected chi connectivity index (χ0v) is 13.6. The van der Waals surface area contributed by atoms with Crippen molar-refractivity contribution in [1.82, 2.24) is 0 Å². The second-order valence-electron chi connectivity index (χ2n) is 5.97. The SMILES string of the molecule is Cc1c(C(=O)c2ccc(-c3ccc(F)cc3)cc2)oc2ccccc12. The van der Waals surface area contributed by atoms with Gasteiger partial charge in [-0.05, 0) is 36.2 Å². The van der Waals surface area contributed by atoms with E-state index in [9.17, 15) is 9.18 Å². The molecule has 0 bridgehead atoms. The molecule has 0 amide bonds. The lowest BCUT2D eigenvalue weighted by atomic mass is 10.0. The number of carbonyl (C=O) groups excluding carboxylic acids is 1. The van der Waals surface area contributed by atoms with Gasteiger partial charge in [0.25, 0.3) is 0 Å². The molecule has 3 heteroatoms. The maximum Gasteiger partial charge on any atom is 0.228 e. The van der Waals surface area contributed by atoms with E-state index in [0.29, 0.717) is 16.9 Å². The summed E-state index contributed by atoms with van der Waals surface area (Å²) in [6.07, 6.45) is 0. The highest BCUT2D eigenvalue weighted by molar-refractivity contribution is 6.10. The van der Waals surface area contributed by atoms with Crippen LogP contribution >= 0.6 is 0 Å². The number of ketones is 1. The van der Waals surface area contributed by atoms with E-state index < -0.39 is 0 Å². The number of para-hydroxylation sites is 1. The molecule has 0 fully saturated rings. The maximum absolute atomic E-state index is 13.0. The predicted octanol–water partition coefficient (Wildman–Crippen LogP) is 5.78. The minimum atomic E-state index is -0.268. The quantitative estimate of drug-likeness (QED) is 0.446. The van der Waals surface area contributed by atoms with Crippen LogP contribution in [0.1, 0.15) is 21.7 Å². The first kappa shape index (κ1) is 15.3. The molecular weight excluding hydrogens is 315 g/mol. The first-order valence-electron chi connectivity index (χ1n) is 8.02. The zero-order valence-electron chi connectivity index (χ0n) is 13.6. The molecule has 2 nitrogen and oxygen atoms in total. The Kier molecular flexibility index (Phi) is 3.69. The van der Waals surface area contributed by atoms with Gasteiger partial charge in [-0.1, -0.05) is 54.6 Å². The van der Waals surface area contributed by atoms with E-state index >= 15 is 0 Å². The van der Waals surface area contributed by atoms with Gasteiger partial charge in [-0.15, -0.1) is 0 Å². The van der Waals surface area contributed by atoms with Gasteiger partial charge in [0, 0.05) is 16.5 Å². The number of benzene rings is 3. The molecule has 4 rings (SSSR count). The fourth-order valence-electron chi connectivity index (χ4n) is 2.98. The fourth-order valence-corrected chi connectivity index (χ4v) is 2.98. The van der Waals surface area contributed by atoms with Gasteiger partial charge in [-0.3, -0.25) is 4.79 Å². The Morgan fingerprint density at radius 3 is 2.08 bits per heavy atom. The third-order valence-electron chi connectivity index (χ3n) is 4.37. The van der Waals surface area contributed by atoms with Crippen LogP contribution in [-0.2, 0) is 0 Å². The van der Waals surface area contributed by atoms with Crippen LogP contribution in [0.3, 0.4) is 0 Å². The molecule has 122 valence electrons. The van der Waals surface area contributed by atoms with E-state index in [1.807, 2.05) is 43.3 Å². The van der Waals surface area contributed by atoms with Crippen molar-refractivity contribution in [2.75, 3.05) is 0 Å². The summed E-state index contributed by atoms with van der Waals surface area (Å²) in [5, 5.41) is 0.953. The molecule has 0 aliphatic heterocycles. The van der Waals surface area contributed by atoms with Gasteiger partial charge in [0.05, 0.1) is 0 Å². The van der Waals surface area contributed by atoms with Gasteiger partial charge in [-0.25, -0.2) is 4.39 Å². The first-order valence-corrected chi connectivity index (χ1v) is 8.02. The Bertz CT molecular complexity index is 1060. The van der Waals surface area contributed by atoms with Crippen molar-refractivity contribution in [2.45, 2.75) is 6.92 Å². The molecule has 0 aliphatic rings. The lowest BCUT2D eigenvalue weighted by molar-refractivity contribution is 0.101. The van der Waals surface area contributed by atoms with Gasteiger partial charge in [0.2, 0.25) is 5.78 Å². The van der Waals surface area contributed by atoms with Crippen molar-refractivity contribution in [2.24, 2.45) is 0 Å². The minimum Gasteiger partial charge on any atom is -0.452 e. The minimum absolute atomic E-state index is 0.139. The van der Waals surface area contributed by atoms with E-state index in [-0.39, 0.29) is 11.6 Å². The zero-order chi connectivity index (χ0) is 17.4. The molecule has 0 N–H and O–H groups in total. The van der Waals surface area contributed by atoms with Gasteiger partial charge in [0.15, 0.2) is 5.76 Å². The van der Waals surface area contributed by atoms with E-state index in [1.165, 1.54) is 12.1 Å². The largest absolute Gasteiger partial charge is 0.452 e. The highest BCUT2D eigenvalue weighted by atomic mass is 19.1. The van der Waals surface area contributed by atoms with Crippen LogP contribution in [0.25, 0.3) is 22.1 Å². The van der Waals surface area contributed by atoms with Crippen LogP contribution < -0.4 is 0 Å². The lowest BCUT2D eigenvalue weighted by Gasteiger charge is -2.04. The van der Waals surface area contributed by atoms with E-state index in [1.54, 1.807) is 24.3 Å². The molecule has 1 heterocycles. The number of aryl methyl sites for hydroxylation is 1. The van der Waals surface area contributed by atoms with Crippen molar-refractivity contribution in [3.05, 3.63) is 95.5 Å². The standard InChI is InChI=1S/C22H15FO2/c1-14-19-4-2-3-5-20(19)25-22(14)21(24)17-8-6-15(7-9-17)16-10-12-18(23)13-11-16/h2-13H,1H3. The van der Waals surface area contributed by atoms with Crippen molar-refractivity contribution in [3.8, 4) is 11.1 Å². The summed E-state index contributed by atoms with van der Waals surface area (Å²) in [7, 11) is 0. The van der Waals surface area contributed by atoms with Crippen molar-refractivity contribution >= 4 is 16.8 Å². The van der Waals surface area contributed by atoms with Crippen LogP contribution in [0.4, 0.5) is 4.39 Å².